The van der Waals surface area contributed by atoms with E-state index in [1.165, 1.54) is 24.4 Å². The van der Waals surface area contributed by atoms with Crippen molar-refractivity contribution in [1.29, 1.82) is 0 Å². The van der Waals surface area contributed by atoms with E-state index in [9.17, 15) is 22.8 Å². The number of benzene rings is 6. The molecule has 400 valence electrons. The molecule has 2 amide bonds. The van der Waals surface area contributed by atoms with Gasteiger partial charge < -0.3 is 40.2 Å². The molecule has 0 saturated carbocycles. The Morgan fingerprint density at radius 1 is 0.805 bits per heavy atom. The maximum absolute atomic E-state index is 14.5. The lowest BCUT2D eigenvalue weighted by Crippen LogP contribution is -2.47. The number of hydrogen-bond donors (Lipinski definition) is 4. The molecule has 77 heavy (non-hydrogen) atoms. The van der Waals surface area contributed by atoms with Crippen LogP contribution in [0.1, 0.15) is 89.3 Å². The van der Waals surface area contributed by atoms with Crippen molar-refractivity contribution in [2.24, 2.45) is 5.73 Å². The Balaban J connectivity index is 0.989. The first-order valence-electron chi connectivity index (χ1n) is 25.5. The number of sulfone groups is 1. The summed E-state index contributed by atoms with van der Waals surface area (Å²) >= 11 is 0. The van der Waals surface area contributed by atoms with Gasteiger partial charge in [0.1, 0.15) is 18.1 Å². The predicted molar refractivity (Wildman–Crippen MR) is 308 cm³/mol. The van der Waals surface area contributed by atoms with Crippen LogP contribution in [0.15, 0.2) is 160 Å². The van der Waals surface area contributed by atoms with Gasteiger partial charge >= 0.3 is 0 Å². The topological polar surface area (TPSA) is 195 Å². The van der Waals surface area contributed by atoms with Gasteiger partial charge in [0.25, 0.3) is 11.8 Å². The summed E-state index contributed by atoms with van der Waals surface area (Å²) in [4.78, 5) is 48.8. The van der Waals surface area contributed by atoms with E-state index >= 15 is 0 Å². The average molecular weight is 1070 g/mol. The van der Waals surface area contributed by atoms with E-state index in [4.69, 9.17) is 19.6 Å². The smallest absolute Gasteiger partial charge is 0.253 e. The fourth-order valence-corrected chi connectivity index (χ4v) is 11.9. The lowest BCUT2D eigenvalue weighted by Gasteiger charge is -2.40. The van der Waals surface area contributed by atoms with Crippen molar-refractivity contribution in [3.05, 3.63) is 195 Å². The molecule has 0 bridgehead atoms. The number of anilines is 2. The minimum absolute atomic E-state index is 0.000888. The monoisotopic (exact) mass is 1070 g/mol. The number of nitrogens with one attached hydrogen (secondary N) is 3. The fraction of sp³-hybridized carbons (Fsp3) is 0.279. The molecule has 16 heteroatoms. The fourth-order valence-electron chi connectivity index (χ4n) is 9.17. The van der Waals surface area contributed by atoms with Crippen LogP contribution in [-0.2, 0) is 33.8 Å². The number of H-pyrrole nitrogens is 1. The SMILES string of the molecule is COc1cccc(Nc2c(C(N)=O)cnc3c(C)cc(S(=O)(=O)c4cccc(CN(C)C(=O)c5cccc(CC(C)(C)NC[C@H](O[Si](C)(C)C(C)(C)C)c6ccc(OCc7ccccc7)c7[nH]c(=O)ccc67)c5)c4)cc23)c1. The number of nitrogens with two attached hydrogens (primary N) is 1. The number of ether oxygens (including phenoxy) is 2. The molecule has 5 N–H and O–H groups in total. The third kappa shape index (κ3) is 12.8. The maximum Gasteiger partial charge on any atom is 0.253 e. The number of hydrogen-bond acceptors (Lipinski definition) is 11. The van der Waals surface area contributed by atoms with Gasteiger partial charge in [-0.25, -0.2) is 8.42 Å². The minimum atomic E-state index is -4.13. The maximum atomic E-state index is 14.5. The average Bonchev–Trinajstić information content (AvgIpc) is 3.47. The first-order chi connectivity index (χ1) is 36.4. The highest BCUT2D eigenvalue weighted by Crippen LogP contribution is 2.42. The second-order valence-electron chi connectivity index (χ2n) is 21.8. The molecule has 0 aliphatic rings. The van der Waals surface area contributed by atoms with E-state index in [0.717, 1.165) is 22.1 Å². The molecule has 1 atom stereocenters. The molecular weight excluding hydrogens is 1000 g/mol. The van der Waals surface area contributed by atoms with Crippen LogP contribution < -0.4 is 31.4 Å². The van der Waals surface area contributed by atoms with E-state index in [1.54, 1.807) is 80.6 Å². The molecule has 0 aliphatic carbocycles. The number of methoxy groups -OCH3 is 1. The molecule has 0 aliphatic heterocycles. The first kappa shape index (κ1) is 55.6. The summed E-state index contributed by atoms with van der Waals surface area (Å²) in [5, 5.41) is 8.22. The van der Waals surface area contributed by atoms with Gasteiger partial charge in [-0.2, -0.15) is 0 Å². The number of aromatic amines is 1. The number of primary amides is 1. The molecule has 0 saturated heterocycles. The third-order valence-electron chi connectivity index (χ3n) is 14.3. The molecule has 0 spiro atoms. The number of carbonyl (C=O) groups is 2. The van der Waals surface area contributed by atoms with Crippen LogP contribution >= 0.6 is 0 Å². The van der Waals surface area contributed by atoms with Gasteiger partial charge in [0.15, 0.2) is 8.32 Å². The summed E-state index contributed by atoms with van der Waals surface area (Å²) in [6.45, 7) is 18.1. The minimum Gasteiger partial charge on any atom is -0.497 e. The third-order valence-corrected chi connectivity index (χ3v) is 20.5. The van der Waals surface area contributed by atoms with Crippen LogP contribution in [0.5, 0.6) is 11.5 Å². The molecule has 0 unspecified atom stereocenters. The number of carbonyl (C=O) groups excluding carboxylic acids is 2. The van der Waals surface area contributed by atoms with Crippen LogP contribution in [-0.4, -0.2) is 69.7 Å². The Hall–Kier alpha value is -7.63. The largest absolute Gasteiger partial charge is 0.497 e. The zero-order valence-electron chi connectivity index (χ0n) is 45.4. The normalized spacial score (nSPS) is 12.6. The number of amides is 2. The molecule has 6 aromatic carbocycles. The highest BCUT2D eigenvalue weighted by Gasteiger charge is 2.40. The van der Waals surface area contributed by atoms with Crippen LogP contribution in [0.4, 0.5) is 11.4 Å². The Kier molecular flexibility index (Phi) is 16.3. The van der Waals surface area contributed by atoms with E-state index in [0.29, 0.717) is 75.6 Å². The number of nitrogens with zero attached hydrogens (tertiary/aromatic N) is 2. The van der Waals surface area contributed by atoms with Crippen molar-refractivity contribution in [2.75, 3.05) is 26.0 Å². The molecule has 8 aromatic rings. The Labute approximate surface area is 452 Å². The first-order valence-corrected chi connectivity index (χ1v) is 29.9. The number of rotatable bonds is 20. The lowest BCUT2D eigenvalue weighted by molar-refractivity contribution is 0.0784. The van der Waals surface area contributed by atoms with E-state index < -0.39 is 29.6 Å². The Bertz CT molecular complexity index is 3670. The van der Waals surface area contributed by atoms with Gasteiger partial charge in [-0.3, -0.25) is 19.4 Å². The number of pyridine rings is 2. The van der Waals surface area contributed by atoms with Gasteiger partial charge in [-0.1, -0.05) is 87.5 Å². The molecule has 0 fully saturated rings. The van der Waals surface area contributed by atoms with Crippen LogP contribution in [0, 0.1) is 6.92 Å². The van der Waals surface area contributed by atoms with Crippen molar-refractivity contribution in [3.63, 3.8) is 0 Å². The number of aromatic nitrogens is 2. The van der Waals surface area contributed by atoms with Crippen molar-refractivity contribution in [3.8, 4) is 11.5 Å². The lowest BCUT2D eigenvalue weighted by atomic mass is 9.93. The van der Waals surface area contributed by atoms with Crippen LogP contribution in [0.2, 0.25) is 18.1 Å². The van der Waals surface area contributed by atoms with E-state index in [-0.39, 0.29) is 44.5 Å². The Morgan fingerprint density at radius 2 is 1.52 bits per heavy atom. The van der Waals surface area contributed by atoms with Crippen molar-refractivity contribution in [1.82, 2.24) is 20.2 Å². The molecule has 2 heterocycles. The van der Waals surface area contributed by atoms with E-state index in [1.807, 2.05) is 66.7 Å². The highest BCUT2D eigenvalue weighted by molar-refractivity contribution is 7.91. The summed E-state index contributed by atoms with van der Waals surface area (Å²) in [6, 6.07) is 41.5. The van der Waals surface area contributed by atoms with Gasteiger partial charge in [0, 0.05) is 66.0 Å². The summed E-state index contributed by atoms with van der Waals surface area (Å²) in [6.07, 6.45) is 1.58. The van der Waals surface area contributed by atoms with Crippen molar-refractivity contribution < 1.29 is 31.9 Å². The standard InChI is InChI=1S/C61H68N6O8SSi/c1-39-29-47(33-50-55(39)63-35-51(58(62)69)56(50)65-44-22-16-23-45(32-44)73-8)76(71,72)46-24-15-20-42(31-46)37-67(7)59(70)43-21-14-19-41(30-43)34-61(5,6)64-36-53(75-77(9,10)60(2,3)4)48-25-27-52(57-49(48)26-28-54(68)66-57)74-38-40-17-12-11-13-18-40/h11-33,35,53,64H,34,36-38H2,1-10H3,(H2,62,69)(H,63,65)(H,66,68)/t53-/m0/s1. The molecular formula is C61H68N6O8SSi. The van der Waals surface area contributed by atoms with Crippen LogP contribution in [0.25, 0.3) is 21.8 Å². The highest BCUT2D eigenvalue weighted by atomic mass is 32.2. The van der Waals surface area contributed by atoms with Gasteiger partial charge in [-0.15, -0.1) is 0 Å². The quantitative estimate of drug-likeness (QED) is 0.0530. The number of fused-ring (bicyclic) bond motifs is 2. The summed E-state index contributed by atoms with van der Waals surface area (Å²) < 4.78 is 47.9. The zero-order valence-corrected chi connectivity index (χ0v) is 47.2. The summed E-state index contributed by atoms with van der Waals surface area (Å²) in [5.41, 5.74) is 11.8. The molecule has 8 rings (SSSR count). The number of aryl methyl sites for hydroxylation is 1. The Morgan fingerprint density at radius 3 is 2.25 bits per heavy atom. The van der Waals surface area contributed by atoms with Crippen LogP contribution in [0.3, 0.4) is 0 Å². The van der Waals surface area contributed by atoms with Gasteiger partial charge in [0.05, 0.1) is 45.3 Å². The van der Waals surface area contributed by atoms with Crippen molar-refractivity contribution >= 4 is 63.1 Å². The molecule has 14 nitrogen and oxygen atoms in total. The molecule has 2 aromatic heterocycles. The van der Waals surface area contributed by atoms with Crippen molar-refractivity contribution in [2.45, 2.75) is 101 Å². The van der Waals surface area contributed by atoms with Gasteiger partial charge in [0.2, 0.25) is 15.4 Å². The second kappa shape index (κ2) is 22.5. The van der Waals surface area contributed by atoms with Gasteiger partial charge in [-0.05, 0) is 134 Å². The second-order valence-corrected chi connectivity index (χ2v) is 28.5. The van der Waals surface area contributed by atoms with E-state index in [2.05, 4.69) is 68.3 Å². The summed E-state index contributed by atoms with van der Waals surface area (Å²) in [7, 11) is -3.24. The molecule has 0 radical (unpaired) electrons. The predicted octanol–water partition coefficient (Wildman–Crippen LogP) is 11.6. The zero-order chi connectivity index (χ0) is 55.5. The summed E-state index contributed by atoms with van der Waals surface area (Å²) in [5.74, 6) is 0.196.